The number of hydrogen-bond donors (Lipinski definition) is 0. The number of hydrogen-bond acceptors (Lipinski definition) is 5. The van der Waals surface area contributed by atoms with Crippen LogP contribution in [0.4, 0.5) is 18.9 Å². The van der Waals surface area contributed by atoms with Gasteiger partial charge in [-0.05, 0) is 29.8 Å². The Balaban J connectivity index is 1.43. The van der Waals surface area contributed by atoms with E-state index in [4.69, 9.17) is 18.6 Å². The second-order valence-corrected chi connectivity index (χ2v) is 8.21. The minimum absolute atomic E-state index is 0.0420. The number of nitrogens with zero attached hydrogens (tertiary/aromatic N) is 1. The molecule has 4 heterocycles. The van der Waals surface area contributed by atoms with Crippen molar-refractivity contribution in [3.63, 3.8) is 0 Å². The van der Waals surface area contributed by atoms with E-state index in [9.17, 15) is 18.0 Å². The molecule has 0 N–H and O–H groups in total. The van der Waals surface area contributed by atoms with Gasteiger partial charge in [0, 0.05) is 23.7 Å². The molecule has 3 aliphatic rings. The standard InChI is InChI=1S/C24H18F3NO5/c25-24(26,27)21-7-6-14(33-21)12-28-17-5-2-1-4-15(17)23(22(28)29)13-32-18-11-20-19(10-16(18)23)30-8-3-9-31-20/h1-2,4-7,10-11H,3,8-9,12-13H2. The van der Waals surface area contributed by atoms with E-state index in [1.807, 2.05) is 12.1 Å². The van der Waals surface area contributed by atoms with Crippen molar-refractivity contribution in [2.75, 3.05) is 24.7 Å². The van der Waals surface area contributed by atoms with Gasteiger partial charge in [-0.2, -0.15) is 13.2 Å². The maximum atomic E-state index is 13.9. The van der Waals surface area contributed by atoms with Crippen LogP contribution in [0, 0.1) is 0 Å². The SMILES string of the molecule is O=C1N(Cc2ccc(C(F)(F)F)o2)c2ccccc2C12COc1cc3c(cc12)OCCCO3. The van der Waals surface area contributed by atoms with E-state index in [2.05, 4.69) is 0 Å². The fraction of sp³-hybridized carbons (Fsp3) is 0.292. The molecule has 6 rings (SSSR count). The number of rotatable bonds is 2. The molecule has 1 unspecified atom stereocenters. The highest BCUT2D eigenvalue weighted by atomic mass is 19.4. The highest BCUT2D eigenvalue weighted by Crippen LogP contribution is 2.55. The Labute approximate surface area is 186 Å². The third kappa shape index (κ3) is 2.91. The number of carbonyl (C=O) groups excluding carboxylic acids is 1. The highest BCUT2D eigenvalue weighted by Gasteiger charge is 2.57. The largest absolute Gasteiger partial charge is 0.491 e. The predicted molar refractivity (Wildman–Crippen MR) is 110 cm³/mol. The number of fused-ring (bicyclic) bond motifs is 5. The summed E-state index contributed by atoms with van der Waals surface area (Å²) < 4.78 is 61.5. The van der Waals surface area contributed by atoms with Gasteiger partial charge in [-0.1, -0.05) is 18.2 Å². The summed E-state index contributed by atoms with van der Waals surface area (Å²) >= 11 is 0. The second kappa shape index (κ2) is 6.94. The number of ether oxygens (including phenoxy) is 3. The lowest BCUT2D eigenvalue weighted by molar-refractivity contribution is -0.153. The van der Waals surface area contributed by atoms with Gasteiger partial charge in [-0.25, -0.2) is 0 Å². The smallest absolute Gasteiger partial charge is 0.449 e. The summed E-state index contributed by atoms with van der Waals surface area (Å²) in [6.07, 6.45) is -3.85. The topological polar surface area (TPSA) is 61.1 Å². The molecule has 9 heteroatoms. The Morgan fingerprint density at radius 1 is 0.909 bits per heavy atom. The minimum atomic E-state index is -4.59. The highest BCUT2D eigenvalue weighted by molar-refractivity contribution is 6.11. The lowest BCUT2D eigenvalue weighted by Gasteiger charge is -2.23. The van der Waals surface area contributed by atoms with Gasteiger partial charge < -0.3 is 23.5 Å². The van der Waals surface area contributed by atoms with Gasteiger partial charge in [0.2, 0.25) is 11.7 Å². The van der Waals surface area contributed by atoms with Gasteiger partial charge in [-0.3, -0.25) is 4.79 Å². The van der Waals surface area contributed by atoms with Crippen molar-refractivity contribution in [3.8, 4) is 17.2 Å². The molecule has 3 aromatic rings. The number of furan rings is 1. The zero-order valence-corrected chi connectivity index (χ0v) is 17.3. The number of alkyl halides is 3. The van der Waals surface area contributed by atoms with E-state index < -0.39 is 17.4 Å². The molecule has 0 fully saturated rings. The molecule has 170 valence electrons. The average Bonchev–Trinajstić information content (AvgIpc) is 3.41. The van der Waals surface area contributed by atoms with Crippen molar-refractivity contribution in [1.29, 1.82) is 0 Å². The summed E-state index contributed by atoms with van der Waals surface area (Å²) in [5.41, 5.74) is 0.861. The quantitative estimate of drug-likeness (QED) is 0.559. The normalized spacial score (nSPS) is 21.1. The van der Waals surface area contributed by atoms with Crippen LogP contribution in [0.25, 0.3) is 0 Å². The first-order valence-corrected chi connectivity index (χ1v) is 10.5. The maximum absolute atomic E-state index is 13.9. The third-order valence-electron chi connectivity index (χ3n) is 6.27. The summed E-state index contributed by atoms with van der Waals surface area (Å²) in [4.78, 5) is 15.4. The number of anilines is 1. The summed E-state index contributed by atoms with van der Waals surface area (Å²) in [7, 11) is 0. The number of benzene rings is 2. The Morgan fingerprint density at radius 2 is 1.67 bits per heavy atom. The first-order valence-electron chi connectivity index (χ1n) is 10.5. The van der Waals surface area contributed by atoms with E-state index in [0.717, 1.165) is 18.1 Å². The van der Waals surface area contributed by atoms with Gasteiger partial charge >= 0.3 is 6.18 Å². The maximum Gasteiger partial charge on any atom is 0.449 e. The molecule has 2 aromatic carbocycles. The van der Waals surface area contributed by atoms with E-state index in [0.29, 0.717) is 41.7 Å². The molecule has 1 aromatic heterocycles. The molecule has 0 aliphatic carbocycles. The van der Waals surface area contributed by atoms with Gasteiger partial charge in [0.15, 0.2) is 11.5 Å². The Hall–Kier alpha value is -3.62. The van der Waals surface area contributed by atoms with Crippen LogP contribution in [-0.4, -0.2) is 25.7 Å². The first kappa shape index (κ1) is 20.0. The number of para-hydroxylation sites is 1. The third-order valence-corrected chi connectivity index (χ3v) is 6.27. The number of halogens is 3. The summed E-state index contributed by atoms with van der Waals surface area (Å²) in [6.45, 7) is 0.961. The molecule has 1 spiro atoms. The van der Waals surface area contributed by atoms with E-state index >= 15 is 0 Å². The van der Waals surface area contributed by atoms with Crippen LogP contribution in [-0.2, 0) is 22.9 Å². The monoisotopic (exact) mass is 457 g/mol. The van der Waals surface area contributed by atoms with Crippen molar-refractivity contribution in [1.82, 2.24) is 0 Å². The zero-order valence-electron chi connectivity index (χ0n) is 17.3. The lowest BCUT2D eigenvalue weighted by Crippen LogP contribution is -2.42. The van der Waals surface area contributed by atoms with Crippen molar-refractivity contribution in [2.45, 2.75) is 24.6 Å². The van der Waals surface area contributed by atoms with Crippen LogP contribution in [0.5, 0.6) is 17.2 Å². The molecule has 0 radical (unpaired) electrons. The molecule has 0 bridgehead atoms. The molecule has 0 saturated heterocycles. The Kier molecular flexibility index (Phi) is 4.21. The number of carbonyl (C=O) groups is 1. The van der Waals surface area contributed by atoms with Crippen LogP contribution >= 0.6 is 0 Å². The summed E-state index contributed by atoms with van der Waals surface area (Å²) in [6, 6.07) is 12.9. The molecule has 6 nitrogen and oxygen atoms in total. The average molecular weight is 457 g/mol. The summed E-state index contributed by atoms with van der Waals surface area (Å²) in [5, 5.41) is 0. The first-order chi connectivity index (χ1) is 15.9. The Morgan fingerprint density at radius 3 is 2.42 bits per heavy atom. The van der Waals surface area contributed by atoms with Gasteiger partial charge in [0.1, 0.15) is 23.5 Å². The molecule has 1 amide bonds. The van der Waals surface area contributed by atoms with Gasteiger partial charge in [0.25, 0.3) is 0 Å². The van der Waals surface area contributed by atoms with E-state index in [1.165, 1.54) is 11.0 Å². The number of amides is 1. The van der Waals surface area contributed by atoms with Crippen LogP contribution in [0.3, 0.4) is 0 Å². The molecule has 3 aliphatic heterocycles. The van der Waals surface area contributed by atoms with Crippen molar-refractivity contribution in [2.24, 2.45) is 0 Å². The van der Waals surface area contributed by atoms with Crippen LogP contribution < -0.4 is 19.1 Å². The van der Waals surface area contributed by atoms with E-state index in [1.54, 1.807) is 24.3 Å². The fourth-order valence-corrected chi connectivity index (χ4v) is 4.76. The summed E-state index contributed by atoms with van der Waals surface area (Å²) in [5.74, 6) is 0.292. The molecular weight excluding hydrogens is 439 g/mol. The lowest BCUT2D eigenvalue weighted by atomic mass is 9.77. The Bertz CT molecular complexity index is 1270. The van der Waals surface area contributed by atoms with Crippen LogP contribution in [0.15, 0.2) is 52.9 Å². The predicted octanol–water partition coefficient (Wildman–Crippen LogP) is 4.69. The van der Waals surface area contributed by atoms with Crippen molar-refractivity contribution < 1.29 is 36.6 Å². The zero-order chi connectivity index (χ0) is 22.8. The van der Waals surface area contributed by atoms with Crippen LogP contribution in [0.2, 0.25) is 0 Å². The molecule has 0 saturated carbocycles. The molecular formula is C24H18F3NO5. The van der Waals surface area contributed by atoms with Crippen LogP contribution in [0.1, 0.15) is 29.1 Å². The van der Waals surface area contributed by atoms with Gasteiger partial charge in [-0.15, -0.1) is 0 Å². The van der Waals surface area contributed by atoms with Gasteiger partial charge in [0.05, 0.1) is 19.8 Å². The minimum Gasteiger partial charge on any atom is -0.491 e. The second-order valence-electron chi connectivity index (χ2n) is 8.21. The van der Waals surface area contributed by atoms with Crippen molar-refractivity contribution in [3.05, 3.63) is 71.2 Å². The molecule has 1 atom stereocenters. The van der Waals surface area contributed by atoms with E-state index in [-0.39, 0.29) is 24.8 Å². The molecule has 33 heavy (non-hydrogen) atoms. The van der Waals surface area contributed by atoms with Crippen molar-refractivity contribution >= 4 is 11.6 Å². The fourth-order valence-electron chi connectivity index (χ4n) is 4.76.